The number of hydrogen-bond donors (Lipinski definition) is 1. The molecule has 1 unspecified atom stereocenters. The smallest absolute Gasteiger partial charge is 0.325 e. The number of carbonyl (C=O) groups is 1. The first kappa shape index (κ1) is 19.0. The van der Waals surface area contributed by atoms with Gasteiger partial charge in [-0.2, -0.15) is 13.2 Å². The number of nitrogens with one attached hydrogen (secondary N) is 1. The maximum atomic E-state index is 12.8. The molecule has 1 N–H and O–H groups in total. The molecule has 0 aliphatic carbocycles. The van der Waals surface area contributed by atoms with Crippen LogP contribution in [0.2, 0.25) is 10.0 Å². The van der Waals surface area contributed by atoms with Crippen LogP contribution in [-0.2, 0) is 11.0 Å². The van der Waals surface area contributed by atoms with Gasteiger partial charge in [0.05, 0.1) is 15.8 Å². The van der Waals surface area contributed by atoms with E-state index in [1.54, 1.807) is 31.2 Å². The van der Waals surface area contributed by atoms with E-state index in [2.05, 4.69) is 5.32 Å². The molecule has 0 saturated heterocycles. The lowest BCUT2D eigenvalue weighted by molar-refractivity contribution is -0.137. The van der Waals surface area contributed by atoms with Gasteiger partial charge < -0.3 is 5.32 Å². The molecule has 2 nitrogen and oxygen atoms in total. The Bertz CT molecular complexity index is 735. The van der Waals surface area contributed by atoms with Crippen molar-refractivity contribution in [1.29, 1.82) is 0 Å². The number of anilines is 1. The molecule has 2 aromatic rings. The van der Waals surface area contributed by atoms with Gasteiger partial charge in [-0.1, -0.05) is 23.2 Å². The van der Waals surface area contributed by atoms with Gasteiger partial charge in [0.15, 0.2) is 0 Å². The molecule has 0 fully saturated rings. The van der Waals surface area contributed by atoms with Crippen molar-refractivity contribution < 1.29 is 18.0 Å². The number of carbonyl (C=O) groups excluding carboxylic acids is 1. The largest absolute Gasteiger partial charge is 0.417 e. The Kier molecular flexibility index (Phi) is 6.06. The molecule has 2 aromatic carbocycles. The summed E-state index contributed by atoms with van der Waals surface area (Å²) in [5, 5.41) is 2.13. The van der Waals surface area contributed by atoms with Crippen molar-refractivity contribution in [2.24, 2.45) is 0 Å². The van der Waals surface area contributed by atoms with Crippen LogP contribution in [0.4, 0.5) is 18.9 Å². The summed E-state index contributed by atoms with van der Waals surface area (Å²) in [6.45, 7) is 1.66. The zero-order valence-corrected chi connectivity index (χ0v) is 14.7. The van der Waals surface area contributed by atoms with E-state index in [0.717, 1.165) is 17.0 Å². The Morgan fingerprint density at radius 2 is 1.75 bits per heavy atom. The number of rotatable bonds is 4. The summed E-state index contributed by atoms with van der Waals surface area (Å²) >= 11 is 12.6. The topological polar surface area (TPSA) is 29.1 Å². The molecule has 1 atom stereocenters. The lowest BCUT2D eigenvalue weighted by Crippen LogP contribution is -2.22. The molecule has 0 heterocycles. The van der Waals surface area contributed by atoms with Gasteiger partial charge in [-0.3, -0.25) is 4.79 Å². The highest BCUT2D eigenvalue weighted by Gasteiger charge is 2.33. The summed E-state index contributed by atoms with van der Waals surface area (Å²) in [5.74, 6) is -0.412. The first-order valence-electron chi connectivity index (χ1n) is 6.76. The molecule has 2 rings (SSSR count). The zero-order valence-electron chi connectivity index (χ0n) is 12.3. The molecule has 0 spiro atoms. The van der Waals surface area contributed by atoms with E-state index < -0.39 is 27.9 Å². The molecule has 128 valence electrons. The quantitative estimate of drug-likeness (QED) is 0.632. The third-order valence-corrected chi connectivity index (χ3v) is 4.73. The monoisotopic (exact) mass is 393 g/mol. The maximum absolute atomic E-state index is 12.8. The number of halogens is 5. The molecule has 0 aromatic heterocycles. The second-order valence-corrected chi connectivity index (χ2v) is 7.15. The summed E-state index contributed by atoms with van der Waals surface area (Å²) < 4.78 is 38.5. The molecule has 1 amide bonds. The van der Waals surface area contributed by atoms with Gasteiger partial charge in [-0.15, -0.1) is 11.8 Å². The summed E-state index contributed by atoms with van der Waals surface area (Å²) in [7, 11) is 0. The standard InChI is InChI=1S/C16H12Cl2F3NOS/c1-9(24-12-5-2-10(17)3-6-12)15(23)22-11-4-7-14(18)13(8-11)16(19,20)21/h2-9H,1H3,(H,22,23). The molecule has 0 saturated carbocycles. The highest BCUT2D eigenvalue weighted by Crippen LogP contribution is 2.36. The molecule has 0 aliphatic rings. The zero-order chi connectivity index (χ0) is 17.9. The Morgan fingerprint density at radius 1 is 1.12 bits per heavy atom. The van der Waals surface area contributed by atoms with Crippen molar-refractivity contribution in [2.45, 2.75) is 23.2 Å². The minimum atomic E-state index is -4.58. The Labute approximate surface area is 151 Å². The average Bonchev–Trinajstić information content (AvgIpc) is 2.50. The van der Waals surface area contributed by atoms with E-state index in [9.17, 15) is 18.0 Å². The third-order valence-electron chi connectivity index (χ3n) is 3.04. The van der Waals surface area contributed by atoms with Crippen LogP contribution in [-0.4, -0.2) is 11.2 Å². The van der Waals surface area contributed by atoms with Crippen LogP contribution < -0.4 is 5.32 Å². The first-order chi connectivity index (χ1) is 11.2. The van der Waals surface area contributed by atoms with Crippen LogP contribution in [0.3, 0.4) is 0 Å². The Balaban J connectivity index is 2.07. The highest BCUT2D eigenvalue weighted by atomic mass is 35.5. The van der Waals surface area contributed by atoms with E-state index in [4.69, 9.17) is 23.2 Å². The molecular weight excluding hydrogens is 382 g/mol. The maximum Gasteiger partial charge on any atom is 0.417 e. The lowest BCUT2D eigenvalue weighted by Gasteiger charge is -2.14. The summed E-state index contributed by atoms with van der Waals surface area (Å²) in [6.07, 6.45) is -4.58. The van der Waals surface area contributed by atoms with Crippen molar-refractivity contribution in [2.75, 3.05) is 5.32 Å². The van der Waals surface area contributed by atoms with Crippen molar-refractivity contribution in [1.82, 2.24) is 0 Å². The molecule has 8 heteroatoms. The first-order valence-corrected chi connectivity index (χ1v) is 8.40. The van der Waals surface area contributed by atoms with Gasteiger partial charge in [-0.25, -0.2) is 0 Å². The van der Waals surface area contributed by atoms with Gasteiger partial charge in [0, 0.05) is 15.6 Å². The number of hydrogen-bond acceptors (Lipinski definition) is 2. The Hall–Kier alpha value is -1.37. The number of benzene rings is 2. The van der Waals surface area contributed by atoms with Crippen molar-refractivity contribution in [3.05, 3.63) is 58.1 Å². The number of alkyl halides is 3. The predicted molar refractivity (Wildman–Crippen MR) is 91.9 cm³/mol. The normalized spacial score (nSPS) is 12.8. The lowest BCUT2D eigenvalue weighted by atomic mass is 10.2. The number of amides is 1. The van der Waals surface area contributed by atoms with E-state index in [1.165, 1.54) is 17.8 Å². The molecule has 24 heavy (non-hydrogen) atoms. The molecule has 0 bridgehead atoms. The fourth-order valence-electron chi connectivity index (χ4n) is 1.83. The van der Waals surface area contributed by atoms with E-state index in [-0.39, 0.29) is 5.69 Å². The fourth-order valence-corrected chi connectivity index (χ4v) is 3.05. The second kappa shape index (κ2) is 7.68. The Morgan fingerprint density at radius 3 is 2.33 bits per heavy atom. The van der Waals surface area contributed by atoms with Crippen LogP contribution in [0.25, 0.3) is 0 Å². The van der Waals surface area contributed by atoms with Crippen LogP contribution in [0.5, 0.6) is 0 Å². The van der Waals surface area contributed by atoms with E-state index in [1.807, 2.05) is 0 Å². The number of thioether (sulfide) groups is 1. The van der Waals surface area contributed by atoms with Crippen molar-refractivity contribution in [3.8, 4) is 0 Å². The van der Waals surface area contributed by atoms with Gasteiger partial charge in [-0.05, 0) is 49.4 Å². The molecule has 0 radical (unpaired) electrons. The van der Waals surface area contributed by atoms with E-state index in [0.29, 0.717) is 5.02 Å². The summed E-state index contributed by atoms with van der Waals surface area (Å²) in [5.41, 5.74) is -0.944. The molecular formula is C16H12Cl2F3NOS. The minimum absolute atomic E-state index is 0.0419. The molecule has 0 aliphatic heterocycles. The van der Waals surface area contributed by atoms with Gasteiger partial charge >= 0.3 is 6.18 Å². The third kappa shape index (κ3) is 5.06. The van der Waals surface area contributed by atoms with Crippen molar-refractivity contribution in [3.63, 3.8) is 0 Å². The summed E-state index contributed by atoms with van der Waals surface area (Å²) in [4.78, 5) is 13.0. The van der Waals surface area contributed by atoms with Crippen molar-refractivity contribution >= 4 is 46.6 Å². The SMILES string of the molecule is CC(Sc1ccc(Cl)cc1)C(=O)Nc1ccc(Cl)c(C(F)(F)F)c1. The summed E-state index contributed by atoms with van der Waals surface area (Å²) in [6, 6.07) is 10.2. The van der Waals surface area contributed by atoms with E-state index >= 15 is 0 Å². The second-order valence-electron chi connectivity index (χ2n) is 4.90. The van der Waals surface area contributed by atoms with Crippen LogP contribution in [0, 0.1) is 0 Å². The van der Waals surface area contributed by atoms with Crippen LogP contribution >= 0.6 is 35.0 Å². The van der Waals surface area contributed by atoms with Gasteiger partial charge in [0.1, 0.15) is 0 Å². The average molecular weight is 394 g/mol. The van der Waals surface area contributed by atoms with Crippen LogP contribution in [0.1, 0.15) is 12.5 Å². The van der Waals surface area contributed by atoms with Crippen LogP contribution in [0.15, 0.2) is 47.4 Å². The minimum Gasteiger partial charge on any atom is -0.325 e. The van der Waals surface area contributed by atoms with Gasteiger partial charge in [0.25, 0.3) is 0 Å². The predicted octanol–water partition coefficient (Wildman–Crippen LogP) is 6.13. The fraction of sp³-hybridized carbons (Fsp3) is 0.188. The highest BCUT2D eigenvalue weighted by molar-refractivity contribution is 8.00. The van der Waals surface area contributed by atoms with Gasteiger partial charge in [0.2, 0.25) is 5.91 Å².